The lowest BCUT2D eigenvalue weighted by molar-refractivity contribution is -0.138. The minimum atomic E-state index is -4.24. The topological polar surface area (TPSA) is 55.4 Å². The number of hydrogen-bond donors (Lipinski definition) is 0. The van der Waals surface area contributed by atoms with Gasteiger partial charge >= 0.3 is 24.7 Å². The van der Waals surface area contributed by atoms with E-state index in [1.165, 1.54) is 96.5 Å². The average molecular weight is 1430 g/mol. The Morgan fingerprint density at radius 3 is 0.782 bits per heavy atom. The van der Waals surface area contributed by atoms with E-state index in [1.807, 2.05) is 52.0 Å². The van der Waals surface area contributed by atoms with Crippen LogP contribution in [0.15, 0.2) is 115 Å². The summed E-state index contributed by atoms with van der Waals surface area (Å²) in [4.78, 5) is 0. The summed E-state index contributed by atoms with van der Waals surface area (Å²) in [5.74, 6) is 7.10. The van der Waals surface area contributed by atoms with Crippen molar-refractivity contribution in [3.8, 4) is 34.5 Å². The smallest absolute Gasteiger partial charge is 0.416 e. The molecule has 0 amide bonds. The third-order valence-electron chi connectivity index (χ3n) is 17.3. The molecule has 0 fully saturated rings. The van der Waals surface area contributed by atoms with Crippen molar-refractivity contribution >= 4 is 0 Å². The fourth-order valence-corrected chi connectivity index (χ4v) is 10.5. The highest BCUT2D eigenvalue weighted by molar-refractivity contribution is 5.49. The van der Waals surface area contributed by atoms with Gasteiger partial charge < -0.3 is 28.4 Å². The number of ether oxygens (including phenoxy) is 6. The molecule has 0 saturated heterocycles. The lowest BCUT2D eigenvalue weighted by Gasteiger charge is -2.18. The highest BCUT2D eigenvalue weighted by atomic mass is 19.4. The number of alkyl halides is 12. The minimum Gasteiger partial charge on any atom is -0.497 e. The Labute approximate surface area is 593 Å². The van der Waals surface area contributed by atoms with Gasteiger partial charge in [-0.1, -0.05) is 89.6 Å². The SMILES string of the molecule is COc1cc(C(C)C)c(C)c(C(C)C)c1.COc1cc(C)c(C)c(C(C)C)c1.COc1cc(C)c(C)c(OC)c1.COc1cc(C)cc(OC)c1C.Cc1cc(C)c(C)c(C(F)(F)F)c1.Cc1cccc(C(F)(F)F)c1C.Cc1cccc(C(F)(F)F)c1C.Cc1cccc(C(F)(F)F)c1C. The van der Waals surface area contributed by atoms with Crippen molar-refractivity contribution in [3.63, 3.8) is 0 Å². The van der Waals surface area contributed by atoms with E-state index in [1.54, 1.807) is 102 Å². The third kappa shape index (κ3) is 28.2. The first-order chi connectivity index (χ1) is 46.5. The molecule has 101 heavy (non-hydrogen) atoms. The van der Waals surface area contributed by atoms with Crippen molar-refractivity contribution in [2.24, 2.45) is 0 Å². The van der Waals surface area contributed by atoms with E-state index < -0.39 is 47.0 Å². The molecule has 0 aliphatic heterocycles. The van der Waals surface area contributed by atoms with E-state index in [2.05, 4.69) is 86.6 Å². The summed E-state index contributed by atoms with van der Waals surface area (Å²) in [5, 5.41) is 0. The fraction of sp³-hybridized carbons (Fsp3) is 0.422. The van der Waals surface area contributed by atoms with E-state index in [9.17, 15) is 52.7 Å². The molecule has 8 rings (SSSR count). The van der Waals surface area contributed by atoms with Gasteiger partial charge in [0, 0.05) is 11.6 Å². The predicted octanol–water partition coefficient (Wildman–Crippen LogP) is 25.9. The van der Waals surface area contributed by atoms with E-state index in [-0.39, 0.29) is 0 Å². The second-order valence-electron chi connectivity index (χ2n) is 25.6. The molecule has 0 radical (unpaired) electrons. The Bertz CT molecular complexity index is 3710. The number of aryl methyl sites for hydroxylation is 8. The molecule has 0 aliphatic rings. The van der Waals surface area contributed by atoms with Crippen molar-refractivity contribution in [2.75, 3.05) is 42.7 Å². The zero-order chi connectivity index (χ0) is 78.2. The Kier molecular flexibility index (Phi) is 36.3. The van der Waals surface area contributed by atoms with E-state index in [4.69, 9.17) is 28.4 Å². The van der Waals surface area contributed by atoms with Gasteiger partial charge in [0.2, 0.25) is 0 Å². The Morgan fingerprint density at radius 2 is 0.495 bits per heavy atom. The summed E-state index contributed by atoms with van der Waals surface area (Å²) in [6.45, 7) is 42.2. The number of halogens is 12. The van der Waals surface area contributed by atoms with Gasteiger partial charge in [-0.2, -0.15) is 52.7 Å². The van der Waals surface area contributed by atoms with E-state index in [0.717, 1.165) is 63.8 Å². The molecule has 558 valence electrons. The van der Waals surface area contributed by atoms with Gasteiger partial charge in [0.25, 0.3) is 0 Å². The molecule has 0 saturated carbocycles. The van der Waals surface area contributed by atoms with Gasteiger partial charge in [-0.25, -0.2) is 0 Å². The van der Waals surface area contributed by atoms with Gasteiger partial charge in [-0.05, 0) is 290 Å². The highest BCUT2D eigenvalue weighted by Crippen LogP contribution is 2.38. The first kappa shape index (κ1) is 90.7. The molecule has 18 heteroatoms. The Balaban J connectivity index is 0.000000578. The van der Waals surface area contributed by atoms with Crippen molar-refractivity contribution in [1.29, 1.82) is 0 Å². The van der Waals surface area contributed by atoms with Crippen LogP contribution in [0.3, 0.4) is 0 Å². The maximum Gasteiger partial charge on any atom is 0.416 e. The zero-order valence-electron chi connectivity index (χ0n) is 64.2. The molecular formula is C83H106F12O6. The van der Waals surface area contributed by atoms with Crippen LogP contribution in [0.2, 0.25) is 0 Å². The largest absolute Gasteiger partial charge is 0.497 e. The third-order valence-corrected chi connectivity index (χ3v) is 17.3. The fourth-order valence-electron chi connectivity index (χ4n) is 10.5. The quantitative estimate of drug-likeness (QED) is 0.134. The van der Waals surface area contributed by atoms with Crippen LogP contribution in [0, 0.1) is 111 Å². The van der Waals surface area contributed by atoms with E-state index >= 15 is 0 Å². The van der Waals surface area contributed by atoms with Crippen LogP contribution in [0.25, 0.3) is 0 Å². The van der Waals surface area contributed by atoms with Crippen LogP contribution >= 0.6 is 0 Å². The lowest BCUT2D eigenvalue weighted by atomic mass is 9.89. The van der Waals surface area contributed by atoms with Gasteiger partial charge in [-0.3, -0.25) is 0 Å². The van der Waals surface area contributed by atoms with Gasteiger partial charge in [0.15, 0.2) is 0 Å². The summed E-state index contributed by atoms with van der Waals surface area (Å²) in [7, 11) is 10.1. The molecule has 0 aliphatic carbocycles. The van der Waals surface area contributed by atoms with Crippen LogP contribution in [-0.4, -0.2) is 42.7 Å². The molecular weight excluding hydrogens is 1320 g/mol. The highest BCUT2D eigenvalue weighted by Gasteiger charge is 2.35. The summed E-state index contributed by atoms with van der Waals surface area (Å²) in [6.07, 6.45) is -16.9. The molecule has 0 N–H and O–H groups in total. The lowest BCUT2D eigenvalue weighted by Crippen LogP contribution is -2.08. The molecule has 6 nitrogen and oxygen atoms in total. The normalized spacial score (nSPS) is 11.0. The second kappa shape index (κ2) is 40.4. The maximum absolute atomic E-state index is 12.4. The van der Waals surface area contributed by atoms with Gasteiger partial charge in [0.05, 0.1) is 64.9 Å². The molecule has 0 unspecified atom stereocenters. The maximum atomic E-state index is 12.4. The Morgan fingerprint density at radius 1 is 0.238 bits per heavy atom. The predicted molar refractivity (Wildman–Crippen MR) is 389 cm³/mol. The Hall–Kier alpha value is -8.28. The average Bonchev–Trinajstić information content (AvgIpc) is 0.833. The molecule has 0 atom stereocenters. The van der Waals surface area contributed by atoms with Crippen molar-refractivity contribution in [1.82, 2.24) is 0 Å². The van der Waals surface area contributed by atoms with E-state index in [0.29, 0.717) is 67.8 Å². The van der Waals surface area contributed by atoms with Gasteiger partial charge in [0.1, 0.15) is 34.5 Å². The number of hydrogen-bond acceptors (Lipinski definition) is 6. The first-order valence-electron chi connectivity index (χ1n) is 32.8. The number of rotatable bonds is 9. The van der Waals surface area contributed by atoms with Crippen molar-refractivity contribution in [3.05, 3.63) is 243 Å². The number of methoxy groups -OCH3 is 6. The standard InChI is InChI=1S/C14H22O.C12H18O.C10H11F3.2C10H14O2.3C9H9F3/c1-9(2)13-7-12(15-6)8-14(10(3)4)11(13)5;1-8(2)12-7-11(13-5)6-9(3)10(12)4;1-6-4-7(2)8(3)9(5-6)10(11,12)13;1-7-5-9(11-3)6-10(12-4)8(7)2;1-7-5-9(11-3)8(2)10(6-7)12-4;3*1-6-4-3-5-8(7(6)2)9(10,11)12/h7-10H,1-6H3;6-8H,1-5H3;4-5H,1-3H3;2*5-6H,1-4H3;3*3-5H,1-2H3. The monoisotopic (exact) mass is 1430 g/mol. The molecule has 0 spiro atoms. The van der Waals surface area contributed by atoms with Crippen LogP contribution in [0.1, 0.15) is 187 Å². The van der Waals surface area contributed by atoms with Crippen LogP contribution in [0.5, 0.6) is 34.5 Å². The second-order valence-corrected chi connectivity index (χ2v) is 25.6. The molecule has 8 aromatic carbocycles. The minimum absolute atomic E-state index is 0.310. The van der Waals surface area contributed by atoms with Crippen LogP contribution < -0.4 is 28.4 Å². The summed E-state index contributed by atoms with van der Waals surface area (Å²) in [5.41, 5.74) is 15.3. The van der Waals surface area contributed by atoms with Crippen LogP contribution in [-0.2, 0) is 24.7 Å². The van der Waals surface area contributed by atoms with Gasteiger partial charge in [-0.15, -0.1) is 0 Å². The molecule has 0 heterocycles. The summed E-state index contributed by atoms with van der Waals surface area (Å²) in [6, 6.07) is 31.9. The molecule has 0 bridgehead atoms. The van der Waals surface area contributed by atoms with Crippen molar-refractivity contribution in [2.45, 2.75) is 195 Å². The zero-order valence-corrected chi connectivity index (χ0v) is 64.2. The summed E-state index contributed by atoms with van der Waals surface area (Å²) >= 11 is 0. The first-order valence-corrected chi connectivity index (χ1v) is 32.8. The van der Waals surface area contributed by atoms with Crippen LogP contribution in [0.4, 0.5) is 52.7 Å². The van der Waals surface area contributed by atoms with Crippen molar-refractivity contribution < 1.29 is 81.1 Å². The number of benzene rings is 8. The summed E-state index contributed by atoms with van der Waals surface area (Å²) < 4.78 is 179. The molecule has 8 aromatic rings. The molecule has 0 aromatic heterocycles.